The maximum Gasteiger partial charge on any atom is 0.251 e. The standard InChI is InChI=1S/C17H22N2O4S/c1-12(2)19-24(21,22)15-7-6-13(3)16(11-15)17(20)18-9-8-14-5-4-10-23-14/h4-7,10-12,19H,8-9H2,1-3H3,(H,18,20). The lowest BCUT2D eigenvalue weighted by atomic mass is 10.1. The Labute approximate surface area is 142 Å². The lowest BCUT2D eigenvalue weighted by Crippen LogP contribution is -2.31. The molecule has 2 N–H and O–H groups in total. The molecule has 6 nitrogen and oxygen atoms in total. The van der Waals surface area contributed by atoms with Crippen LogP contribution < -0.4 is 10.0 Å². The third-order valence-electron chi connectivity index (χ3n) is 3.39. The van der Waals surface area contributed by atoms with Gasteiger partial charge in [0.25, 0.3) is 5.91 Å². The van der Waals surface area contributed by atoms with Crippen molar-refractivity contribution >= 4 is 15.9 Å². The van der Waals surface area contributed by atoms with E-state index in [0.29, 0.717) is 24.1 Å². The lowest BCUT2D eigenvalue weighted by Gasteiger charge is -2.12. The molecule has 0 aliphatic heterocycles. The molecule has 0 saturated carbocycles. The molecule has 0 saturated heterocycles. The van der Waals surface area contributed by atoms with Crippen LogP contribution in [0.3, 0.4) is 0 Å². The van der Waals surface area contributed by atoms with Crippen molar-refractivity contribution in [2.24, 2.45) is 0 Å². The molecule has 0 spiro atoms. The van der Waals surface area contributed by atoms with Gasteiger partial charge in [0.15, 0.2) is 0 Å². The summed E-state index contributed by atoms with van der Waals surface area (Å²) in [6.45, 7) is 5.67. The Morgan fingerprint density at radius 2 is 2.00 bits per heavy atom. The predicted molar refractivity (Wildman–Crippen MR) is 91.4 cm³/mol. The number of carbonyl (C=O) groups excluding carboxylic acids is 1. The summed E-state index contributed by atoms with van der Waals surface area (Å²) in [5.41, 5.74) is 1.06. The first-order valence-corrected chi connectivity index (χ1v) is 9.21. The van der Waals surface area contributed by atoms with Gasteiger partial charge in [0.1, 0.15) is 5.76 Å². The quantitative estimate of drug-likeness (QED) is 0.801. The molecule has 1 amide bonds. The minimum atomic E-state index is -3.63. The number of rotatable bonds is 7. The number of hydrogen-bond acceptors (Lipinski definition) is 4. The van der Waals surface area contributed by atoms with Gasteiger partial charge >= 0.3 is 0 Å². The van der Waals surface area contributed by atoms with Gasteiger partial charge in [-0.15, -0.1) is 0 Å². The summed E-state index contributed by atoms with van der Waals surface area (Å²) in [7, 11) is -3.63. The monoisotopic (exact) mass is 350 g/mol. The van der Waals surface area contributed by atoms with Crippen LogP contribution >= 0.6 is 0 Å². The summed E-state index contributed by atoms with van der Waals surface area (Å²) < 4.78 is 32.2. The van der Waals surface area contributed by atoms with Gasteiger partial charge in [-0.25, -0.2) is 13.1 Å². The van der Waals surface area contributed by atoms with Crippen molar-refractivity contribution < 1.29 is 17.6 Å². The molecule has 0 atom stereocenters. The molecule has 24 heavy (non-hydrogen) atoms. The van der Waals surface area contributed by atoms with Crippen LogP contribution in [-0.4, -0.2) is 26.9 Å². The fourth-order valence-electron chi connectivity index (χ4n) is 2.24. The average Bonchev–Trinajstić information content (AvgIpc) is 2.99. The third kappa shape index (κ3) is 4.69. The number of aryl methyl sites for hydroxylation is 1. The summed E-state index contributed by atoms with van der Waals surface area (Å²) >= 11 is 0. The molecule has 0 aliphatic rings. The molecule has 0 unspecified atom stereocenters. The van der Waals surface area contributed by atoms with E-state index in [2.05, 4.69) is 10.0 Å². The zero-order valence-corrected chi connectivity index (χ0v) is 14.8. The second-order valence-corrected chi connectivity index (χ2v) is 7.55. The van der Waals surface area contributed by atoms with Crippen molar-refractivity contribution in [1.29, 1.82) is 0 Å². The van der Waals surface area contributed by atoms with Gasteiger partial charge < -0.3 is 9.73 Å². The molecule has 130 valence electrons. The second kappa shape index (κ2) is 7.63. The van der Waals surface area contributed by atoms with Crippen LogP contribution in [0.25, 0.3) is 0 Å². The summed E-state index contributed by atoms with van der Waals surface area (Å²) in [4.78, 5) is 12.4. The van der Waals surface area contributed by atoms with Crippen LogP contribution in [0.1, 0.15) is 35.5 Å². The van der Waals surface area contributed by atoms with Crippen molar-refractivity contribution in [2.75, 3.05) is 6.54 Å². The maximum atomic E-state index is 12.3. The molecule has 7 heteroatoms. The lowest BCUT2D eigenvalue weighted by molar-refractivity contribution is 0.0953. The zero-order valence-electron chi connectivity index (χ0n) is 14.0. The highest BCUT2D eigenvalue weighted by Crippen LogP contribution is 2.16. The average molecular weight is 350 g/mol. The summed E-state index contributed by atoms with van der Waals surface area (Å²) in [6.07, 6.45) is 2.15. The van der Waals surface area contributed by atoms with Gasteiger partial charge in [0.05, 0.1) is 11.2 Å². The molecule has 0 radical (unpaired) electrons. The number of amides is 1. The van der Waals surface area contributed by atoms with E-state index in [1.165, 1.54) is 12.1 Å². The minimum Gasteiger partial charge on any atom is -0.469 e. The fraction of sp³-hybridized carbons (Fsp3) is 0.353. The number of carbonyl (C=O) groups is 1. The number of nitrogens with one attached hydrogen (secondary N) is 2. The van der Waals surface area contributed by atoms with Gasteiger partial charge in [0, 0.05) is 24.6 Å². The van der Waals surface area contributed by atoms with Crippen LogP contribution in [0.15, 0.2) is 45.9 Å². The summed E-state index contributed by atoms with van der Waals surface area (Å²) in [5.74, 6) is 0.477. The van der Waals surface area contributed by atoms with Gasteiger partial charge in [-0.1, -0.05) is 6.07 Å². The molecule has 2 rings (SSSR count). The maximum absolute atomic E-state index is 12.3. The van der Waals surface area contributed by atoms with E-state index in [-0.39, 0.29) is 16.8 Å². The summed E-state index contributed by atoms with van der Waals surface area (Å²) in [5, 5.41) is 2.78. The smallest absolute Gasteiger partial charge is 0.251 e. The second-order valence-electron chi connectivity index (χ2n) is 5.84. The van der Waals surface area contributed by atoms with Crippen molar-refractivity contribution in [3.8, 4) is 0 Å². The summed E-state index contributed by atoms with van der Waals surface area (Å²) in [6, 6.07) is 7.94. The highest BCUT2D eigenvalue weighted by Gasteiger charge is 2.18. The molecule has 1 aromatic carbocycles. The van der Waals surface area contributed by atoms with E-state index >= 15 is 0 Å². The molecule has 1 aromatic heterocycles. The molecule has 0 bridgehead atoms. The molecule has 0 aliphatic carbocycles. The van der Waals surface area contributed by atoms with Crippen LogP contribution in [-0.2, 0) is 16.4 Å². The Hall–Kier alpha value is -2.12. The molecule has 1 heterocycles. The fourth-order valence-corrected chi connectivity index (χ4v) is 3.52. The van der Waals surface area contributed by atoms with Gasteiger partial charge in [-0.05, 0) is 50.6 Å². The Morgan fingerprint density at radius 1 is 1.25 bits per heavy atom. The van der Waals surface area contributed by atoms with Crippen molar-refractivity contribution in [2.45, 2.75) is 38.1 Å². The number of hydrogen-bond donors (Lipinski definition) is 2. The van der Waals surface area contributed by atoms with E-state index in [0.717, 1.165) is 5.76 Å². The Kier molecular flexibility index (Phi) is 5.80. The first kappa shape index (κ1) is 18.2. The number of benzene rings is 1. The molecular formula is C17H22N2O4S. The SMILES string of the molecule is Cc1ccc(S(=O)(=O)NC(C)C)cc1C(=O)NCCc1ccco1. The van der Waals surface area contributed by atoms with E-state index < -0.39 is 10.0 Å². The zero-order chi connectivity index (χ0) is 17.7. The van der Waals surface area contributed by atoms with Crippen LogP contribution in [0.5, 0.6) is 0 Å². The van der Waals surface area contributed by atoms with E-state index in [9.17, 15) is 13.2 Å². The molecule has 2 aromatic rings. The Morgan fingerprint density at radius 3 is 2.62 bits per heavy atom. The first-order valence-electron chi connectivity index (χ1n) is 7.73. The topological polar surface area (TPSA) is 88.4 Å². The third-order valence-corrected chi connectivity index (χ3v) is 5.05. The first-order chi connectivity index (χ1) is 11.3. The highest BCUT2D eigenvalue weighted by molar-refractivity contribution is 7.89. The van der Waals surface area contributed by atoms with Crippen molar-refractivity contribution in [1.82, 2.24) is 10.0 Å². The van der Waals surface area contributed by atoms with Crippen LogP contribution in [0.4, 0.5) is 0 Å². The van der Waals surface area contributed by atoms with Crippen LogP contribution in [0, 0.1) is 6.92 Å². The molecular weight excluding hydrogens is 328 g/mol. The van der Waals surface area contributed by atoms with Gasteiger partial charge in [-0.3, -0.25) is 4.79 Å². The normalized spacial score (nSPS) is 11.7. The van der Waals surface area contributed by atoms with E-state index in [4.69, 9.17) is 4.42 Å². The number of sulfonamides is 1. The number of furan rings is 1. The Bertz CT molecular complexity index is 796. The van der Waals surface area contributed by atoms with Crippen molar-refractivity contribution in [3.05, 3.63) is 53.5 Å². The predicted octanol–water partition coefficient (Wildman–Crippen LogP) is 2.25. The van der Waals surface area contributed by atoms with E-state index in [1.807, 2.05) is 6.07 Å². The van der Waals surface area contributed by atoms with E-state index in [1.54, 1.807) is 39.2 Å². The van der Waals surface area contributed by atoms with Crippen molar-refractivity contribution in [3.63, 3.8) is 0 Å². The molecule has 0 fully saturated rings. The minimum absolute atomic E-state index is 0.0815. The van der Waals surface area contributed by atoms with Gasteiger partial charge in [0.2, 0.25) is 10.0 Å². The highest BCUT2D eigenvalue weighted by atomic mass is 32.2. The van der Waals surface area contributed by atoms with Gasteiger partial charge in [-0.2, -0.15) is 0 Å². The van der Waals surface area contributed by atoms with Crippen LogP contribution in [0.2, 0.25) is 0 Å². The largest absolute Gasteiger partial charge is 0.469 e. The Balaban J connectivity index is 2.11.